The van der Waals surface area contributed by atoms with Crippen LogP contribution in [0.4, 0.5) is 10.5 Å². The van der Waals surface area contributed by atoms with Gasteiger partial charge in [-0.2, -0.15) is 0 Å². The monoisotopic (exact) mass is 506 g/mol. The van der Waals surface area contributed by atoms with Crippen molar-refractivity contribution in [2.75, 3.05) is 5.32 Å². The minimum Gasteiger partial charge on any atom is -0.493 e. The molecule has 0 spiro atoms. The highest BCUT2D eigenvalue weighted by Crippen LogP contribution is 2.28. The Labute approximate surface area is 221 Å². The van der Waals surface area contributed by atoms with Crippen molar-refractivity contribution in [2.24, 2.45) is 0 Å². The van der Waals surface area contributed by atoms with Crippen LogP contribution in [0.2, 0.25) is 0 Å². The van der Waals surface area contributed by atoms with Gasteiger partial charge in [-0.25, -0.2) is 14.8 Å². The van der Waals surface area contributed by atoms with Crippen LogP contribution >= 0.6 is 0 Å². The lowest BCUT2D eigenvalue weighted by Crippen LogP contribution is -2.27. The van der Waals surface area contributed by atoms with Gasteiger partial charge in [0, 0.05) is 30.3 Å². The average Bonchev–Trinajstić information content (AvgIpc) is 3.19. The van der Waals surface area contributed by atoms with E-state index < -0.39 is 11.7 Å². The molecule has 192 valence electrons. The number of fused-ring (bicyclic) bond motifs is 1. The lowest BCUT2D eigenvalue weighted by atomic mass is 10.1. The Kier molecular flexibility index (Phi) is 6.83. The second-order valence-corrected chi connectivity index (χ2v) is 10.2. The number of imidazole rings is 1. The van der Waals surface area contributed by atoms with E-state index in [1.807, 2.05) is 93.7 Å². The summed E-state index contributed by atoms with van der Waals surface area (Å²) in [6.45, 7) is 5.46. The van der Waals surface area contributed by atoms with Crippen LogP contribution in [0, 0.1) is 0 Å². The molecule has 0 atom stereocenters. The van der Waals surface area contributed by atoms with Gasteiger partial charge in [0.25, 0.3) is 0 Å². The number of carbonyl (C=O) groups is 1. The maximum atomic E-state index is 12.2. The van der Waals surface area contributed by atoms with Crippen molar-refractivity contribution in [1.29, 1.82) is 0 Å². The van der Waals surface area contributed by atoms with E-state index in [9.17, 15) is 9.90 Å². The third kappa shape index (κ3) is 5.83. The van der Waals surface area contributed by atoms with E-state index in [0.717, 1.165) is 28.1 Å². The number of nitrogens with zero attached hydrogens (tertiary/aromatic N) is 3. The number of hydrogen-bond donors (Lipinski definition) is 2. The summed E-state index contributed by atoms with van der Waals surface area (Å²) in [7, 11) is 0. The maximum Gasteiger partial charge on any atom is 0.412 e. The number of aromatic nitrogens is 3. The molecule has 2 heterocycles. The van der Waals surface area contributed by atoms with Crippen molar-refractivity contribution >= 4 is 17.4 Å². The number of carbonyl (C=O) groups excluding carboxylic acids is 1. The van der Waals surface area contributed by atoms with Crippen LogP contribution < -0.4 is 5.32 Å². The summed E-state index contributed by atoms with van der Waals surface area (Å²) in [5, 5.41) is 14.0. The first kappa shape index (κ1) is 25.0. The Bertz CT molecular complexity index is 1570. The van der Waals surface area contributed by atoms with Gasteiger partial charge >= 0.3 is 6.09 Å². The minimum atomic E-state index is -0.589. The predicted octanol–water partition coefficient (Wildman–Crippen LogP) is 6.63. The van der Waals surface area contributed by atoms with Gasteiger partial charge in [-0.05, 0) is 44.0 Å². The van der Waals surface area contributed by atoms with Gasteiger partial charge in [0.05, 0.1) is 11.4 Å². The Hall–Kier alpha value is -4.65. The van der Waals surface area contributed by atoms with Crippen molar-refractivity contribution in [3.8, 4) is 17.1 Å². The number of nitrogens with one attached hydrogen (secondary N) is 1. The molecule has 0 aliphatic rings. The van der Waals surface area contributed by atoms with E-state index in [0.29, 0.717) is 29.9 Å². The Morgan fingerprint density at radius 3 is 2.24 bits per heavy atom. The zero-order chi connectivity index (χ0) is 26.7. The fraction of sp³-hybridized carbons (Fsp3) is 0.194. The van der Waals surface area contributed by atoms with Gasteiger partial charge in [0.1, 0.15) is 11.3 Å². The highest BCUT2D eigenvalue weighted by molar-refractivity contribution is 5.85. The molecular formula is C31H30N4O3. The van der Waals surface area contributed by atoms with E-state index in [1.165, 1.54) is 0 Å². The second-order valence-electron chi connectivity index (χ2n) is 10.2. The summed E-state index contributed by atoms with van der Waals surface area (Å²) in [5.74, 6) is 0.0689. The second kappa shape index (κ2) is 10.4. The predicted molar refractivity (Wildman–Crippen MR) is 148 cm³/mol. The van der Waals surface area contributed by atoms with E-state index in [4.69, 9.17) is 14.7 Å². The minimum absolute atomic E-state index is 0.0689. The molecule has 0 radical (unpaired) electrons. The summed E-state index contributed by atoms with van der Waals surface area (Å²) in [4.78, 5) is 22.0. The summed E-state index contributed by atoms with van der Waals surface area (Å²) in [5.41, 5.74) is 5.65. The van der Waals surface area contributed by atoms with Crippen LogP contribution in [0.1, 0.15) is 43.3 Å². The standard InChI is InChI=1S/C31H30N4O3/c1-31(2,3)38-30(37)32-24-16-10-13-22(17-24)19-26-29(36)35-20-27(23-14-8-5-9-15-23)33-25(28(35)34-26)18-21-11-6-4-7-12-21/h4-17,20,36H,18-19H2,1-3H3,(H,32,37). The fourth-order valence-corrected chi connectivity index (χ4v) is 4.29. The van der Waals surface area contributed by atoms with Gasteiger partial charge in [-0.1, -0.05) is 72.8 Å². The highest BCUT2D eigenvalue weighted by atomic mass is 16.6. The van der Waals surface area contributed by atoms with Crippen molar-refractivity contribution in [3.63, 3.8) is 0 Å². The van der Waals surface area contributed by atoms with E-state index >= 15 is 0 Å². The molecule has 2 aromatic heterocycles. The fourth-order valence-electron chi connectivity index (χ4n) is 4.29. The Morgan fingerprint density at radius 2 is 1.53 bits per heavy atom. The van der Waals surface area contributed by atoms with Gasteiger partial charge in [0.15, 0.2) is 5.65 Å². The number of hydrogen-bond acceptors (Lipinski definition) is 5. The summed E-state index contributed by atoms with van der Waals surface area (Å²) >= 11 is 0. The number of ether oxygens (including phenoxy) is 1. The molecule has 5 rings (SSSR count). The molecule has 0 aliphatic heterocycles. The number of amides is 1. The molecule has 2 N–H and O–H groups in total. The number of anilines is 1. The van der Waals surface area contributed by atoms with E-state index in [1.54, 1.807) is 10.5 Å². The quantitative estimate of drug-likeness (QED) is 0.270. The summed E-state index contributed by atoms with van der Waals surface area (Å²) in [6, 6.07) is 27.4. The molecule has 0 unspecified atom stereocenters. The van der Waals surface area contributed by atoms with Crippen molar-refractivity contribution < 1.29 is 14.6 Å². The van der Waals surface area contributed by atoms with Crippen molar-refractivity contribution in [3.05, 3.63) is 114 Å². The third-order valence-electron chi connectivity index (χ3n) is 5.95. The molecule has 1 amide bonds. The van der Waals surface area contributed by atoms with Crippen LogP contribution in [-0.4, -0.2) is 31.2 Å². The number of aromatic hydroxyl groups is 1. The molecule has 7 nitrogen and oxygen atoms in total. The zero-order valence-corrected chi connectivity index (χ0v) is 21.7. The van der Waals surface area contributed by atoms with Crippen LogP contribution in [-0.2, 0) is 17.6 Å². The molecule has 0 aliphatic carbocycles. The van der Waals surface area contributed by atoms with Gasteiger partial charge in [0.2, 0.25) is 5.88 Å². The average molecular weight is 507 g/mol. The lowest BCUT2D eigenvalue weighted by molar-refractivity contribution is 0.0636. The summed E-state index contributed by atoms with van der Waals surface area (Å²) < 4.78 is 7.07. The SMILES string of the molecule is CC(C)(C)OC(=O)Nc1cccc(Cc2nc3c(Cc4ccccc4)nc(-c4ccccc4)cn3c2O)c1. The van der Waals surface area contributed by atoms with E-state index in [-0.39, 0.29) is 5.88 Å². The van der Waals surface area contributed by atoms with Crippen molar-refractivity contribution in [2.45, 2.75) is 39.2 Å². The summed E-state index contributed by atoms with van der Waals surface area (Å²) in [6.07, 6.45) is 2.26. The van der Waals surface area contributed by atoms with Crippen molar-refractivity contribution in [1.82, 2.24) is 14.4 Å². The zero-order valence-electron chi connectivity index (χ0n) is 21.7. The lowest BCUT2D eigenvalue weighted by Gasteiger charge is -2.19. The molecule has 0 fully saturated rings. The molecule has 7 heteroatoms. The number of benzene rings is 3. The maximum absolute atomic E-state index is 12.2. The van der Waals surface area contributed by atoms with Crippen LogP contribution in [0.25, 0.3) is 16.9 Å². The normalized spacial score (nSPS) is 11.4. The number of rotatable bonds is 6. The Balaban J connectivity index is 1.49. The van der Waals surface area contributed by atoms with Crippen LogP contribution in [0.3, 0.4) is 0 Å². The van der Waals surface area contributed by atoms with Crippen LogP contribution in [0.5, 0.6) is 5.88 Å². The molecule has 3 aromatic carbocycles. The third-order valence-corrected chi connectivity index (χ3v) is 5.95. The molecule has 0 saturated heterocycles. The van der Waals surface area contributed by atoms with E-state index in [2.05, 4.69) is 17.4 Å². The topological polar surface area (TPSA) is 88.8 Å². The first-order valence-electron chi connectivity index (χ1n) is 12.5. The van der Waals surface area contributed by atoms with Gasteiger partial charge in [-0.3, -0.25) is 9.72 Å². The smallest absolute Gasteiger partial charge is 0.412 e. The Morgan fingerprint density at radius 1 is 0.868 bits per heavy atom. The first-order chi connectivity index (χ1) is 18.2. The highest BCUT2D eigenvalue weighted by Gasteiger charge is 2.19. The largest absolute Gasteiger partial charge is 0.493 e. The van der Waals surface area contributed by atoms with Gasteiger partial charge < -0.3 is 9.84 Å². The molecular weight excluding hydrogens is 476 g/mol. The molecule has 5 aromatic rings. The van der Waals surface area contributed by atoms with Gasteiger partial charge in [-0.15, -0.1) is 0 Å². The van der Waals surface area contributed by atoms with Crippen LogP contribution in [0.15, 0.2) is 91.1 Å². The molecule has 38 heavy (non-hydrogen) atoms. The first-order valence-corrected chi connectivity index (χ1v) is 12.5. The molecule has 0 bridgehead atoms. The molecule has 0 saturated carbocycles.